The number of benzene rings is 1. The molecule has 0 radical (unpaired) electrons. The maximum absolute atomic E-state index is 12.7. The second-order valence-electron chi connectivity index (χ2n) is 4.82. The second kappa shape index (κ2) is 5.60. The van der Waals surface area contributed by atoms with E-state index in [-0.39, 0.29) is 5.78 Å². The maximum atomic E-state index is 12.7. The molecule has 1 saturated heterocycles. The molecule has 1 unspecified atom stereocenters. The lowest BCUT2D eigenvalue weighted by atomic mass is 9.84. The van der Waals surface area contributed by atoms with E-state index in [0.717, 1.165) is 32.2 Å². The summed E-state index contributed by atoms with van der Waals surface area (Å²) in [6, 6.07) is 5.06. The molecule has 1 aromatic rings. The molecule has 1 aliphatic rings. The van der Waals surface area contributed by atoms with Gasteiger partial charge in [-0.15, -0.1) is 0 Å². The first kappa shape index (κ1) is 13.9. The Morgan fingerprint density at radius 1 is 1.44 bits per heavy atom. The molecule has 1 fully saturated rings. The number of halogens is 2. The zero-order valence-corrected chi connectivity index (χ0v) is 11.9. The summed E-state index contributed by atoms with van der Waals surface area (Å²) in [6.07, 6.45) is 3.72. The van der Waals surface area contributed by atoms with Gasteiger partial charge in [0.15, 0.2) is 5.78 Å². The van der Waals surface area contributed by atoms with E-state index in [1.54, 1.807) is 18.2 Å². The van der Waals surface area contributed by atoms with Crippen LogP contribution in [-0.4, -0.2) is 17.9 Å². The van der Waals surface area contributed by atoms with Crippen LogP contribution in [0.4, 0.5) is 0 Å². The maximum Gasteiger partial charge on any atom is 0.184 e. The van der Waals surface area contributed by atoms with Gasteiger partial charge in [0.2, 0.25) is 0 Å². The number of Topliss-reactive ketones (excluding diaryl/α,β-unsaturated/α-hetero) is 1. The van der Waals surface area contributed by atoms with Crippen LogP contribution in [-0.2, 0) is 0 Å². The van der Waals surface area contributed by atoms with E-state index in [4.69, 9.17) is 23.2 Å². The summed E-state index contributed by atoms with van der Waals surface area (Å²) in [5.41, 5.74) is 0.0929. The van der Waals surface area contributed by atoms with Gasteiger partial charge in [-0.25, -0.2) is 0 Å². The van der Waals surface area contributed by atoms with Crippen LogP contribution in [0.3, 0.4) is 0 Å². The molecule has 0 amide bonds. The highest BCUT2D eigenvalue weighted by molar-refractivity contribution is 6.36. The normalized spacial score (nSPS) is 23.3. The molecule has 0 saturated carbocycles. The lowest BCUT2D eigenvalue weighted by molar-refractivity contribution is 0.0858. The fourth-order valence-electron chi connectivity index (χ4n) is 2.68. The number of carbonyl (C=O) groups is 1. The van der Waals surface area contributed by atoms with Gasteiger partial charge in [0.1, 0.15) is 0 Å². The number of ketones is 1. The van der Waals surface area contributed by atoms with E-state index >= 15 is 0 Å². The van der Waals surface area contributed by atoms with Crippen molar-refractivity contribution < 1.29 is 4.79 Å². The minimum absolute atomic E-state index is 0.0781. The fourth-order valence-corrected chi connectivity index (χ4v) is 3.06. The highest BCUT2D eigenvalue weighted by Gasteiger charge is 2.40. The van der Waals surface area contributed by atoms with Crippen molar-refractivity contribution in [1.29, 1.82) is 0 Å². The fraction of sp³-hybridized carbons (Fsp3) is 0.500. The molecule has 1 aromatic carbocycles. The van der Waals surface area contributed by atoms with E-state index < -0.39 is 5.54 Å². The van der Waals surface area contributed by atoms with E-state index in [0.29, 0.717) is 15.6 Å². The number of rotatable bonds is 4. The molecule has 1 atom stereocenters. The Balaban J connectivity index is 2.36. The third kappa shape index (κ3) is 2.56. The predicted octanol–water partition coefficient (Wildman–Crippen LogP) is 4.10. The smallest absolute Gasteiger partial charge is 0.184 e. The van der Waals surface area contributed by atoms with Crippen molar-refractivity contribution in [2.24, 2.45) is 0 Å². The Hall–Kier alpha value is -0.570. The first-order chi connectivity index (χ1) is 8.59. The van der Waals surface area contributed by atoms with Crippen LogP contribution < -0.4 is 5.32 Å². The first-order valence-corrected chi connectivity index (χ1v) is 7.09. The summed E-state index contributed by atoms with van der Waals surface area (Å²) in [5, 5.41) is 4.39. The summed E-state index contributed by atoms with van der Waals surface area (Å²) < 4.78 is 0. The minimum Gasteiger partial charge on any atom is -0.305 e. The average molecular weight is 286 g/mol. The van der Waals surface area contributed by atoms with Crippen molar-refractivity contribution >= 4 is 29.0 Å². The van der Waals surface area contributed by atoms with Crippen LogP contribution in [0.1, 0.15) is 43.0 Å². The van der Waals surface area contributed by atoms with E-state index in [1.807, 2.05) is 0 Å². The molecule has 0 spiro atoms. The van der Waals surface area contributed by atoms with Gasteiger partial charge in [-0.3, -0.25) is 4.79 Å². The number of hydrogen-bond donors (Lipinski definition) is 1. The predicted molar refractivity (Wildman–Crippen MR) is 75.7 cm³/mol. The molecule has 0 aliphatic carbocycles. The summed E-state index contributed by atoms with van der Waals surface area (Å²) >= 11 is 12.1. The minimum atomic E-state index is -0.441. The van der Waals surface area contributed by atoms with Gasteiger partial charge in [-0.1, -0.05) is 36.5 Å². The molecule has 1 N–H and O–H groups in total. The van der Waals surface area contributed by atoms with Crippen molar-refractivity contribution in [3.63, 3.8) is 0 Å². The third-order valence-electron chi connectivity index (χ3n) is 3.53. The SMILES string of the molecule is CCCC1(C(=O)c2cc(Cl)ccc2Cl)CCCN1. The van der Waals surface area contributed by atoms with Gasteiger partial charge in [-0.2, -0.15) is 0 Å². The molecule has 98 valence electrons. The van der Waals surface area contributed by atoms with Crippen molar-refractivity contribution in [3.8, 4) is 0 Å². The average Bonchev–Trinajstić information content (AvgIpc) is 2.82. The molecule has 4 heteroatoms. The summed E-state index contributed by atoms with van der Waals surface area (Å²) in [7, 11) is 0. The molecule has 18 heavy (non-hydrogen) atoms. The van der Waals surface area contributed by atoms with Crippen LogP contribution in [0.5, 0.6) is 0 Å². The lowest BCUT2D eigenvalue weighted by Gasteiger charge is -2.28. The lowest BCUT2D eigenvalue weighted by Crippen LogP contribution is -2.47. The van der Waals surface area contributed by atoms with Gasteiger partial charge in [0, 0.05) is 10.6 Å². The number of carbonyl (C=O) groups excluding carboxylic acids is 1. The molecular formula is C14H17Cl2NO. The summed E-state index contributed by atoms with van der Waals surface area (Å²) in [4.78, 5) is 12.7. The first-order valence-electron chi connectivity index (χ1n) is 6.34. The third-order valence-corrected chi connectivity index (χ3v) is 4.09. The quantitative estimate of drug-likeness (QED) is 0.844. The van der Waals surface area contributed by atoms with Gasteiger partial charge >= 0.3 is 0 Å². The zero-order chi connectivity index (χ0) is 13.2. The van der Waals surface area contributed by atoms with Gasteiger partial charge in [0.05, 0.1) is 10.6 Å². The van der Waals surface area contributed by atoms with Gasteiger partial charge < -0.3 is 5.32 Å². The van der Waals surface area contributed by atoms with Crippen molar-refractivity contribution in [3.05, 3.63) is 33.8 Å². The van der Waals surface area contributed by atoms with Crippen LogP contribution in [0, 0.1) is 0 Å². The van der Waals surface area contributed by atoms with Crippen molar-refractivity contribution in [1.82, 2.24) is 5.32 Å². The summed E-state index contributed by atoms with van der Waals surface area (Å²) in [6.45, 7) is 2.98. The number of hydrogen-bond acceptors (Lipinski definition) is 2. The zero-order valence-electron chi connectivity index (χ0n) is 10.4. The topological polar surface area (TPSA) is 29.1 Å². The molecule has 1 heterocycles. The molecule has 2 nitrogen and oxygen atoms in total. The van der Waals surface area contributed by atoms with E-state index in [1.165, 1.54) is 0 Å². The molecule has 2 rings (SSSR count). The molecule has 1 aliphatic heterocycles. The second-order valence-corrected chi connectivity index (χ2v) is 5.66. The van der Waals surface area contributed by atoms with Crippen LogP contribution >= 0.6 is 23.2 Å². The van der Waals surface area contributed by atoms with Crippen LogP contribution in [0.15, 0.2) is 18.2 Å². The molecule has 0 aromatic heterocycles. The van der Waals surface area contributed by atoms with Crippen molar-refractivity contribution in [2.45, 2.75) is 38.1 Å². The van der Waals surface area contributed by atoms with E-state index in [2.05, 4.69) is 12.2 Å². The van der Waals surface area contributed by atoms with Gasteiger partial charge in [-0.05, 0) is 44.0 Å². The Morgan fingerprint density at radius 3 is 2.83 bits per heavy atom. The van der Waals surface area contributed by atoms with Crippen molar-refractivity contribution in [2.75, 3.05) is 6.54 Å². The Morgan fingerprint density at radius 2 is 2.22 bits per heavy atom. The Kier molecular flexibility index (Phi) is 4.31. The highest BCUT2D eigenvalue weighted by Crippen LogP contribution is 2.32. The van der Waals surface area contributed by atoms with Crippen LogP contribution in [0.25, 0.3) is 0 Å². The number of nitrogens with one attached hydrogen (secondary N) is 1. The standard InChI is InChI=1S/C14H17Cl2NO/c1-2-6-14(7-3-8-17-14)13(18)11-9-10(15)4-5-12(11)16/h4-5,9,17H,2-3,6-8H2,1H3. The molecular weight excluding hydrogens is 269 g/mol. The van der Waals surface area contributed by atoms with Gasteiger partial charge in [0.25, 0.3) is 0 Å². The molecule has 0 bridgehead atoms. The Bertz CT molecular complexity index is 453. The largest absolute Gasteiger partial charge is 0.305 e. The van der Waals surface area contributed by atoms with E-state index in [9.17, 15) is 4.79 Å². The van der Waals surface area contributed by atoms with Crippen LogP contribution in [0.2, 0.25) is 10.0 Å². The highest BCUT2D eigenvalue weighted by atomic mass is 35.5. The Labute approximate surface area is 118 Å². The summed E-state index contributed by atoms with van der Waals surface area (Å²) in [5.74, 6) is 0.0781. The monoisotopic (exact) mass is 285 g/mol.